The van der Waals surface area contributed by atoms with Crippen LogP contribution in [0.2, 0.25) is 0 Å². The van der Waals surface area contributed by atoms with E-state index in [0.717, 1.165) is 81.2 Å². The Labute approximate surface area is 323 Å². The molecule has 7 N–H and O–H groups in total. The number of nitrogens with zero attached hydrogens (tertiary/aromatic N) is 8. The summed E-state index contributed by atoms with van der Waals surface area (Å²) in [6, 6.07) is 14.7. The Balaban J connectivity index is 0.000000178. The van der Waals surface area contributed by atoms with Crippen molar-refractivity contribution < 1.29 is 23.9 Å². The van der Waals surface area contributed by atoms with Gasteiger partial charge < -0.3 is 32.0 Å². The van der Waals surface area contributed by atoms with Crippen LogP contribution in [0.5, 0.6) is 11.5 Å². The molecule has 0 unspecified atom stereocenters. The largest absolute Gasteiger partial charge is 0.497 e. The standard InChI is InChI=1S/C19H20N6O2.C11H12N6O.C8H8O2.CH4/c1-25-17-14(16(24-25)18(20)26)8-5-12-10-22-19(23-15(12)17)21-9-11-3-6-13(27-2)7-4-11;1-17-9-6(8(16-17)10(12)18)3-2-5-4-14-11(13)15-7(5)9;1-10-8-4-2-7(6-9)3-5-8;/h3-4,6-7,10H,5,8-9H2,1-2H3,(H2,20,26)(H,21,22,23);4H,2-3H2,1H3,(H2,12,18)(H2,13,14,15);2-6H,1H3;1H4. The van der Waals surface area contributed by atoms with Crippen molar-refractivity contribution in [3.8, 4) is 34.3 Å². The van der Waals surface area contributed by atoms with Crippen molar-refractivity contribution in [3.05, 3.63) is 106 Å². The number of anilines is 2. The molecule has 17 heteroatoms. The summed E-state index contributed by atoms with van der Waals surface area (Å²) in [6.45, 7) is 0.591. The highest BCUT2D eigenvalue weighted by molar-refractivity contribution is 5.95. The van der Waals surface area contributed by atoms with Gasteiger partial charge in [-0.25, -0.2) is 19.9 Å². The lowest BCUT2D eigenvalue weighted by molar-refractivity contribution is 0.0985. The predicted molar refractivity (Wildman–Crippen MR) is 210 cm³/mol. The summed E-state index contributed by atoms with van der Waals surface area (Å²) >= 11 is 0. The molecule has 0 spiro atoms. The zero-order valence-electron chi connectivity index (χ0n) is 30.7. The average molecular weight is 761 g/mol. The number of hydrogen-bond donors (Lipinski definition) is 4. The van der Waals surface area contributed by atoms with E-state index in [0.29, 0.717) is 42.3 Å². The fourth-order valence-corrected chi connectivity index (χ4v) is 6.41. The monoisotopic (exact) mass is 760 g/mol. The normalized spacial score (nSPS) is 11.6. The van der Waals surface area contributed by atoms with Crippen LogP contribution < -0.4 is 32.0 Å². The minimum atomic E-state index is -0.516. The van der Waals surface area contributed by atoms with Crippen LogP contribution in [-0.2, 0) is 46.3 Å². The van der Waals surface area contributed by atoms with E-state index >= 15 is 0 Å². The molecule has 290 valence electrons. The molecule has 2 amide bonds. The first-order chi connectivity index (χ1) is 26.5. The highest BCUT2D eigenvalue weighted by Gasteiger charge is 2.29. The number of carbonyl (C=O) groups excluding carboxylic acids is 3. The SMILES string of the molecule is C.COc1ccc(C=O)cc1.COc1ccc(CNc2ncc3c(n2)-c2c(c(C(N)=O)nn2C)CC3)cc1.Cn1nc(C(N)=O)c2c1-c1nc(N)ncc1CC2. The molecule has 0 radical (unpaired) electrons. The smallest absolute Gasteiger partial charge is 0.269 e. The van der Waals surface area contributed by atoms with Gasteiger partial charge in [-0.15, -0.1) is 0 Å². The zero-order chi connectivity index (χ0) is 39.2. The van der Waals surface area contributed by atoms with Crippen LogP contribution in [0.1, 0.15) is 66.6 Å². The Morgan fingerprint density at radius 3 is 1.71 bits per heavy atom. The van der Waals surface area contributed by atoms with E-state index in [1.165, 1.54) is 0 Å². The maximum absolute atomic E-state index is 11.7. The van der Waals surface area contributed by atoms with Crippen LogP contribution in [0.3, 0.4) is 0 Å². The summed E-state index contributed by atoms with van der Waals surface area (Å²) in [4.78, 5) is 50.5. The van der Waals surface area contributed by atoms with Gasteiger partial charge in [0.1, 0.15) is 17.8 Å². The van der Waals surface area contributed by atoms with Crippen molar-refractivity contribution in [2.24, 2.45) is 25.6 Å². The van der Waals surface area contributed by atoms with Crippen molar-refractivity contribution >= 4 is 30.0 Å². The molecule has 8 rings (SSSR count). The maximum atomic E-state index is 11.7. The molecular weight excluding hydrogens is 717 g/mol. The lowest BCUT2D eigenvalue weighted by Gasteiger charge is -2.17. The van der Waals surface area contributed by atoms with Gasteiger partial charge in [-0.2, -0.15) is 10.2 Å². The van der Waals surface area contributed by atoms with Crippen molar-refractivity contribution in [1.82, 2.24) is 39.5 Å². The number of ether oxygens (including phenoxy) is 2. The number of benzene rings is 2. The number of rotatable bonds is 8. The number of aldehydes is 1. The summed E-state index contributed by atoms with van der Waals surface area (Å²) in [6.07, 6.45) is 7.29. The van der Waals surface area contributed by atoms with Gasteiger partial charge in [-0.3, -0.25) is 23.7 Å². The van der Waals surface area contributed by atoms with E-state index in [-0.39, 0.29) is 13.4 Å². The van der Waals surface area contributed by atoms with Crippen LogP contribution in [-0.4, -0.2) is 71.8 Å². The molecule has 2 aromatic carbocycles. The Bertz CT molecular complexity index is 2370. The van der Waals surface area contributed by atoms with E-state index in [4.69, 9.17) is 26.7 Å². The molecular formula is C39H44N12O5. The van der Waals surface area contributed by atoms with Gasteiger partial charge in [-0.1, -0.05) is 19.6 Å². The highest BCUT2D eigenvalue weighted by Crippen LogP contribution is 2.35. The quantitative estimate of drug-likeness (QED) is 0.163. The van der Waals surface area contributed by atoms with Crippen molar-refractivity contribution in [3.63, 3.8) is 0 Å². The molecule has 0 bridgehead atoms. The third-order valence-corrected chi connectivity index (χ3v) is 9.10. The van der Waals surface area contributed by atoms with E-state index in [2.05, 4.69) is 35.5 Å². The molecule has 0 saturated heterocycles. The number of fused-ring (bicyclic) bond motifs is 6. The first-order valence-electron chi connectivity index (χ1n) is 17.2. The van der Waals surface area contributed by atoms with Crippen molar-refractivity contribution in [1.29, 1.82) is 0 Å². The van der Waals surface area contributed by atoms with Crippen LogP contribution in [0.15, 0.2) is 60.9 Å². The second kappa shape index (κ2) is 17.3. The van der Waals surface area contributed by atoms with Gasteiger partial charge in [-0.05, 0) is 78.8 Å². The van der Waals surface area contributed by atoms with Crippen LogP contribution in [0.4, 0.5) is 11.9 Å². The van der Waals surface area contributed by atoms with Crippen LogP contribution >= 0.6 is 0 Å². The van der Waals surface area contributed by atoms with Gasteiger partial charge in [0.2, 0.25) is 11.9 Å². The van der Waals surface area contributed by atoms with Crippen molar-refractivity contribution in [2.45, 2.75) is 39.7 Å². The summed E-state index contributed by atoms with van der Waals surface area (Å²) in [7, 11) is 6.80. The number of carbonyl (C=O) groups is 3. The number of nitrogens with one attached hydrogen (secondary N) is 1. The Hall–Kier alpha value is -7.17. The van der Waals surface area contributed by atoms with Gasteiger partial charge in [0, 0.05) is 49.7 Å². The van der Waals surface area contributed by atoms with E-state index in [1.54, 1.807) is 68.1 Å². The summed E-state index contributed by atoms with van der Waals surface area (Å²) in [5.41, 5.74) is 25.7. The Morgan fingerprint density at radius 2 is 1.23 bits per heavy atom. The third kappa shape index (κ3) is 8.46. The van der Waals surface area contributed by atoms with E-state index in [1.807, 2.05) is 30.5 Å². The summed E-state index contributed by atoms with van der Waals surface area (Å²) in [5, 5.41) is 11.7. The number of aromatic nitrogens is 8. The van der Waals surface area contributed by atoms with Gasteiger partial charge in [0.05, 0.1) is 37.0 Å². The molecule has 2 aliphatic carbocycles. The second-order valence-electron chi connectivity index (χ2n) is 12.6. The minimum absolute atomic E-state index is 0. The number of amides is 2. The molecule has 4 aromatic heterocycles. The Kier molecular flexibility index (Phi) is 12.4. The molecule has 0 fully saturated rings. The fourth-order valence-electron chi connectivity index (χ4n) is 6.41. The topological polar surface area (TPSA) is 247 Å². The molecule has 0 saturated carbocycles. The van der Waals surface area contributed by atoms with Crippen LogP contribution in [0, 0.1) is 0 Å². The summed E-state index contributed by atoms with van der Waals surface area (Å²) in [5.74, 6) is 1.30. The third-order valence-electron chi connectivity index (χ3n) is 9.10. The lowest BCUT2D eigenvalue weighted by atomic mass is 9.93. The minimum Gasteiger partial charge on any atom is -0.497 e. The predicted octanol–water partition coefficient (Wildman–Crippen LogP) is 3.50. The number of methoxy groups -OCH3 is 2. The average Bonchev–Trinajstić information content (AvgIpc) is 3.74. The molecule has 4 heterocycles. The molecule has 2 aliphatic rings. The molecule has 0 atom stereocenters. The number of hydrogen-bond acceptors (Lipinski definition) is 13. The van der Waals surface area contributed by atoms with Gasteiger partial charge in [0.15, 0.2) is 11.4 Å². The number of nitrogen functional groups attached to an aromatic ring is 1. The fraction of sp³-hybridized carbons (Fsp3) is 0.256. The Morgan fingerprint density at radius 1 is 0.750 bits per heavy atom. The number of aryl methyl sites for hydroxylation is 4. The first-order valence-corrected chi connectivity index (χ1v) is 17.2. The van der Waals surface area contributed by atoms with E-state index < -0.39 is 11.8 Å². The van der Waals surface area contributed by atoms with Gasteiger partial charge in [0.25, 0.3) is 11.8 Å². The second-order valence-corrected chi connectivity index (χ2v) is 12.6. The molecule has 6 aromatic rings. The lowest BCUT2D eigenvalue weighted by Crippen LogP contribution is -2.16. The maximum Gasteiger partial charge on any atom is 0.269 e. The van der Waals surface area contributed by atoms with E-state index in [9.17, 15) is 14.4 Å². The van der Waals surface area contributed by atoms with Crippen molar-refractivity contribution in [2.75, 3.05) is 25.3 Å². The van der Waals surface area contributed by atoms with Crippen LogP contribution in [0.25, 0.3) is 22.8 Å². The molecule has 56 heavy (non-hydrogen) atoms. The molecule has 17 nitrogen and oxygen atoms in total. The first kappa shape index (κ1) is 40.0. The van der Waals surface area contributed by atoms with Gasteiger partial charge >= 0.3 is 0 Å². The molecule has 0 aliphatic heterocycles. The zero-order valence-corrected chi connectivity index (χ0v) is 30.7. The summed E-state index contributed by atoms with van der Waals surface area (Å²) < 4.78 is 13.4. The number of nitrogens with two attached hydrogens (primary N) is 3. The highest BCUT2D eigenvalue weighted by atomic mass is 16.5. The number of primary amides is 2.